The lowest BCUT2D eigenvalue weighted by atomic mass is 9.99. The third-order valence-corrected chi connectivity index (χ3v) is 3.93. The molecule has 0 fully saturated rings. The molecule has 0 unspecified atom stereocenters. The van der Waals surface area contributed by atoms with Crippen LogP contribution in [0.25, 0.3) is 0 Å². The summed E-state index contributed by atoms with van der Waals surface area (Å²) in [4.78, 5) is 0. The normalized spacial score (nSPS) is 16.2. The van der Waals surface area contributed by atoms with Crippen LogP contribution in [0.1, 0.15) is 30.9 Å². The van der Waals surface area contributed by atoms with Crippen LogP contribution in [-0.4, -0.2) is 0 Å². The van der Waals surface area contributed by atoms with Crippen molar-refractivity contribution in [3.8, 4) is 5.75 Å². The lowest BCUT2D eigenvalue weighted by molar-refractivity contribution is 0.369. The summed E-state index contributed by atoms with van der Waals surface area (Å²) in [6, 6.07) is 19.0. The highest BCUT2D eigenvalue weighted by Gasteiger charge is 2.15. The molecule has 20 heavy (non-hydrogen) atoms. The highest BCUT2D eigenvalue weighted by molar-refractivity contribution is 5.38. The summed E-state index contributed by atoms with van der Waals surface area (Å²) in [5.41, 5.74) is 4.10. The van der Waals surface area contributed by atoms with Crippen LogP contribution >= 0.6 is 0 Å². The summed E-state index contributed by atoms with van der Waals surface area (Å²) in [6.45, 7) is 2.20. The second-order valence-electron chi connectivity index (χ2n) is 5.40. The number of rotatable bonds is 3. The molecular formula is C19H20O. The second kappa shape index (κ2) is 5.96. The number of fused-ring (bicyclic) bond motifs is 1. The van der Waals surface area contributed by atoms with Gasteiger partial charge in [-0.15, -0.1) is 0 Å². The highest BCUT2D eigenvalue weighted by atomic mass is 16.5. The average molecular weight is 264 g/mol. The van der Waals surface area contributed by atoms with Crippen molar-refractivity contribution in [2.24, 2.45) is 0 Å². The van der Waals surface area contributed by atoms with E-state index in [0.717, 1.165) is 31.4 Å². The Balaban J connectivity index is 1.69. The van der Waals surface area contributed by atoms with E-state index in [4.69, 9.17) is 4.74 Å². The van der Waals surface area contributed by atoms with E-state index in [1.165, 1.54) is 22.5 Å². The smallest absolute Gasteiger partial charge is 0.130 e. The van der Waals surface area contributed by atoms with Gasteiger partial charge in [0.05, 0.1) is 0 Å². The molecule has 0 radical (unpaired) electrons. The van der Waals surface area contributed by atoms with Crippen LogP contribution in [0.5, 0.6) is 5.75 Å². The van der Waals surface area contributed by atoms with E-state index >= 15 is 0 Å². The summed E-state index contributed by atoms with van der Waals surface area (Å²) >= 11 is 0. The maximum Gasteiger partial charge on any atom is 0.130 e. The molecule has 1 heteroatoms. The Hall–Kier alpha value is -2.02. The first-order valence-corrected chi connectivity index (χ1v) is 7.31. The van der Waals surface area contributed by atoms with Crippen molar-refractivity contribution >= 4 is 0 Å². The van der Waals surface area contributed by atoms with Gasteiger partial charge in [0.15, 0.2) is 0 Å². The quantitative estimate of drug-likeness (QED) is 0.764. The van der Waals surface area contributed by atoms with E-state index in [-0.39, 0.29) is 0 Å². The summed E-state index contributed by atoms with van der Waals surface area (Å²) in [5.74, 6) is 2.20. The fourth-order valence-corrected chi connectivity index (χ4v) is 2.66. The number of benzene rings is 2. The topological polar surface area (TPSA) is 9.23 Å². The van der Waals surface area contributed by atoms with Crippen molar-refractivity contribution < 1.29 is 4.74 Å². The minimum atomic E-state index is 1.03. The zero-order valence-electron chi connectivity index (χ0n) is 11.9. The molecule has 0 spiro atoms. The molecule has 0 saturated carbocycles. The van der Waals surface area contributed by atoms with Crippen molar-refractivity contribution in [2.45, 2.75) is 32.6 Å². The third-order valence-electron chi connectivity index (χ3n) is 3.93. The average Bonchev–Trinajstić information content (AvgIpc) is 2.53. The first-order chi connectivity index (χ1) is 9.83. The van der Waals surface area contributed by atoms with E-state index in [1.807, 2.05) is 6.07 Å². The van der Waals surface area contributed by atoms with Gasteiger partial charge >= 0.3 is 0 Å². The molecule has 0 saturated heterocycles. The predicted octanol–water partition coefficient (Wildman–Crippen LogP) is 4.92. The molecule has 3 rings (SSSR count). The summed E-state index contributed by atoms with van der Waals surface area (Å²) in [5, 5.41) is 0. The van der Waals surface area contributed by atoms with Crippen LogP contribution in [0.3, 0.4) is 0 Å². The van der Waals surface area contributed by atoms with Gasteiger partial charge < -0.3 is 4.74 Å². The highest BCUT2D eigenvalue weighted by Crippen LogP contribution is 2.31. The van der Waals surface area contributed by atoms with Crippen LogP contribution in [0, 0.1) is 0 Å². The van der Waals surface area contributed by atoms with Crippen molar-refractivity contribution in [3.63, 3.8) is 0 Å². The monoisotopic (exact) mass is 264 g/mol. The molecule has 0 amide bonds. The van der Waals surface area contributed by atoms with Gasteiger partial charge in [0.25, 0.3) is 0 Å². The van der Waals surface area contributed by atoms with Crippen LogP contribution < -0.4 is 4.74 Å². The van der Waals surface area contributed by atoms with E-state index in [2.05, 4.69) is 55.5 Å². The molecule has 0 bridgehead atoms. The van der Waals surface area contributed by atoms with Gasteiger partial charge in [-0.3, -0.25) is 0 Å². The summed E-state index contributed by atoms with van der Waals surface area (Å²) in [7, 11) is 0. The molecule has 0 atom stereocenters. The van der Waals surface area contributed by atoms with Gasteiger partial charge in [-0.1, -0.05) is 48.5 Å². The maximum atomic E-state index is 6.06. The molecule has 2 aromatic carbocycles. The van der Waals surface area contributed by atoms with Crippen molar-refractivity contribution in [2.75, 3.05) is 0 Å². The van der Waals surface area contributed by atoms with Gasteiger partial charge in [0, 0.05) is 6.42 Å². The summed E-state index contributed by atoms with van der Waals surface area (Å²) in [6.07, 6.45) is 4.27. The molecule has 1 heterocycles. The number of aryl methyl sites for hydroxylation is 2. The standard InChI is InChI=1S/C19H20O/c1-15(11-12-16-7-3-2-4-8-16)18-14-13-17-9-5-6-10-19(17)20-18/h2-10H,11-14H2,1H3/b18-15+. The Morgan fingerprint density at radius 1 is 0.950 bits per heavy atom. The van der Waals surface area contributed by atoms with E-state index in [9.17, 15) is 0 Å². The minimum Gasteiger partial charge on any atom is -0.461 e. The lowest BCUT2D eigenvalue weighted by Crippen LogP contribution is -2.09. The number of para-hydroxylation sites is 1. The van der Waals surface area contributed by atoms with Gasteiger partial charge in [-0.05, 0) is 49.0 Å². The largest absolute Gasteiger partial charge is 0.461 e. The second-order valence-corrected chi connectivity index (χ2v) is 5.40. The fraction of sp³-hybridized carbons (Fsp3) is 0.263. The Morgan fingerprint density at radius 3 is 2.55 bits per heavy atom. The van der Waals surface area contributed by atoms with Crippen LogP contribution in [0.4, 0.5) is 0 Å². The predicted molar refractivity (Wildman–Crippen MR) is 82.9 cm³/mol. The summed E-state index contributed by atoms with van der Waals surface area (Å²) < 4.78 is 6.06. The third kappa shape index (κ3) is 2.93. The molecule has 1 aliphatic heterocycles. The van der Waals surface area contributed by atoms with Gasteiger partial charge in [0.2, 0.25) is 0 Å². The van der Waals surface area contributed by atoms with Crippen molar-refractivity contribution in [1.82, 2.24) is 0 Å². The Labute approximate surface area is 120 Å². The maximum absolute atomic E-state index is 6.06. The van der Waals surface area contributed by atoms with Gasteiger partial charge in [0.1, 0.15) is 11.5 Å². The fourth-order valence-electron chi connectivity index (χ4n) is 2.66. The first kappa shape index (κ1) is 13.0. The number of allylic oxidation sites excluding steroid dienone is 2. The Kier molecular flexibility index (Phi) is 3.87. The van der Waals surface area contributed by atoms with E-state index in [0.29, 0.717) is 0 Å². The number of ether oxygens (including phenoxy) is 1. The molecule has 0 aromatic heterocycles. The minimum absolute atomic E-state index is 1.03. The molecule has 1 nitrogen and oxygen atoms in total. The molecule has 102 valence electrons. The zero-order valence-corrected chi connectivity index (χ0v) is 11.9. The van der Waals surface area contributed by atoms with E-state index in [1.54, 1.807) is 0 Å². The zero-order chi connectivity index (χ0) is 13.8. The van der Waals surface area contributed by atoms with Crippen LogP contribution in [-0.2, 0) is 12.8 Å². The van der Waals surface area contributed by atoms with Crippen LogP contribution in [0.2, 0.25) is 0 Å². The van der Waals surface area contributed by atoms with Crippen molar-refractivity contribution in [1.29, 1.82) is 0 Å². The SMILES string of the molecule is C/C(CCc1ccccc1)=C1/CCc2ccccc2O1. The van der Waals surface area contributed by atoms with Crippen LogP contribution in [0.15, 0.2) is 65.9 Å². The molecule has 0 N–H and O–H groups in total. The first-order valence-electron chi connectivity index (χ1n) is 7.31. The molecular weight excluding hydrogens is 244 g/mol. The van der Waals surface area contributed by atoms with Gasteiger partial charge in [-0.25, -0.2) is 0 Å². The lowest BCUT2D eigenvalue weighted by Gasteiger charge is -2.21. The Bertz CT molecular complexity index is 611. The molecule has 0 aliphatic carbocycles. The van der Waals surface area contributed by atoms with Gasteiger partial charge in [-0.2, -0.15) is 0 Å². The molecule has 2 aromatic rings. The number of hydrogen-bond donors (Lipinski definition) is 0. The van der Waals surface area contributed by atoms with E-state index < -0.39 is 0 Å². The van der Waals surface area contributed by atoms with Crippen molar-refractivity contribution in [3.05, 3.63) is 77.1 Å². The Morgan fingerprint density at radius 2 is 1.70 bits per heavy atom. The molecule has 1 aliphatic rings. The number of hydrogen-bond acceptors (Lipinski definition) is 1.